The second kappa shape index (κ2) is 30.7. The maximum absolute atomic E-state index is 14.6. The Morgan fingerprint density at radius 2 is 0.765 bits per heavy atom. The number of nitriles is 3. The van der Waals surface area contributed by atoms with Crippen LogP contribution in [0.25, 0.3) is 0 Å². The van der Waals surface area contributed by atoms with Crippen molar-refractivity contribution in [3.63, 3.8) is 0 Å². The maximum atomic E-state index is 14.6. The summed E-state index contributed by atoms with van der Waals surface area (Å²) >= 11 is 0. The summed E-state index contributed by atoms with van der Waals surface area (Å²) in [4.78, 5) is 43.3. The lowest BCUT2D eigenvalue weighted by molar-refractivity contribution is -0.195. The average Bonchev–Trinajstić information content (AvgIpc) is 0.744. The molecule has 0 saturated heterocycles. The molecule has 544 valence electrons. The third-order valence-corrected chi connectivity index (χ3v) is 33.0. The lowest BCUT2D eigenvalue weighted by atomic mass is 9.38. The van der Waals surface area contributed by atoms with E-state index in [9.17, 15) is 30.2 Å². The molecule has 98 heavy (non-hydrogen) atoms. The smallest absolute Gasteiger partial charge is 0.326 e. The number of carbonyl (C=O) groups is 3. The van der Waals surface area contributed by atoms with Gasteiger partial charge in [-0.2, -0.15) is 15.8 Å². The van der Waals surface area contributed by atoms with Crippen LogP contribution in [0.3, 0.4) is 0 Å². The molecule has 20 unspecified atom stereocenters. The van der Waals surface area contributed by atoms with E-state index in [0.717, 1.165) is 87.9 Å². The minimum atomic E-state index is -0.988. The Hall–Kier alpha value is -3.38. The van der Waals surface area contributed by atoms with Gasteiger partial charge in [-0.1, -0.05) is 189 Å². The number of ether oxygens (including phenoxy) is 3. The Labute approximate surface area is 596 Å². The highest BCUT2D eigenvalue weighted by molar-refractivity contribution is 5.83. The molecule has 6 bridgehead atoms. The molecule has 16 aliphatic rings. The van der Waals surface area contributed by atoms with Crippen molar-refractivity contribution in [2.75, 3.05) is 19.8 Å². The van der Waals surface area contributed by atoms with Crippen LogP contribution in [0.1, 0.15) is 331 Å². The maximum Gasteiger partial charge on any atom is 0.326 e. The van der Waals surface area contributed by atoms with Gasteiger partial charge in [0.2, 0.25) is 0 Å². The molecule has 0 heterocycles. The summed E-state index contributed by atoms with van der Waals surface area (Å²) in [6.07, 6.45) is 54.4. The largest absolute Gasteiger partial charge is 0.464 e. The van der Waals surface area contributed by atoms with Gasteiger partial charge < -0.3 is 14.2 Å². The Morgan fingerprint density at radius 3 is 1.21 bits per heavy atom. The SMILES string of the molecule is CC1C(CCCCCCCC(C)(C)CCOC(=O)C2(C#N)CC3C4CCCCC4C2C2CCCCC32)CC(CCCCCC(C)(C)CCOC(=O)C2(C#N)CC3C4=CCCCC4C2C2CCCCC32)C1CCC(C)(C)CCOC(=O)C1(C#N)CC2C3CCCCC3C1C1CCCCC21. The summed E-state index contributed by atoms with van der Waals surface area (Å²) in [6, 6.07) is 8.18. The van der Waals surface area contributed by atoms with Gasteiger partial charge in [0.1, 0.15) is 0 Å². The zero-order chi connectivity index (χ0) is 68.6. The molecule has 20 atom stereocenters. The van der Waals surface area contributed by atoms with Crippen LogP contribution in [0.15, 0.2) is 11.6 Å². The standard InChI is InChI=1S/C89H137N3O6/c1-59-60(28-12-9-8-10-26-43-84(2,3)46-49-96-81(93)87(56-90)53-75-63-30-14-20-36-69(63)78(87)70-37-21-15-31-64(70)75)52-61(62(59)42-45-86(6,7)48-51-98-83(95)89(58-92)55-77-67-34-18-24-40-73(67)80(89)74-41-25-19-35-68(74)77)29-13-11-27-44-85(4,5)47-50-97-82(94)88(57-91)54-76-65-32-16-22-38-71(65)79(88)72-39-23-17-33-66(72)76/h32,59-64,66-80H,8-31,33-55H2,1-7H3. The summed E-state index contributed by atoms with van der Waals surface area (Å²) < 4.78 is 19.0. The predicted octanol–water partition coefficient (Wildman–Crippen LogP) is 22.5. The van der Waals surface area contributed by atoms with Crippen LogP contribution in [0.2, 0.25) is 0 Å². The number of hydrogen-bond acceptors (Lipinski definition) is 9. The average molecular weight is 1350 g/mol. The molecule has 15 fully saturated rings. The van der Waals surface area contributed by atoms with E-state index in [0.29, 0.717) is 109 Å². The molecule has 0 N–H and O–H groups in total. The van der Waals surface area contributed by atoms with Gasteiger partial charge in [-0.15, -0.1) is 0 Å². The number of unbranched alkanes of at least 4 members (excludes halogenated alkanes) is 6. The minimum Gasteiger partial charge on any atom is -0.464 e. The molecule has 9 heteroatoms. The van der Waals surface area contributed by atoms with Crippen LogP contribution >= 0.6 is 0 Å². The molecule has 0 aromatic heterocycles. The van der Waals surface area contributed by atoms with Crippen LogP contribution < -0.4 is 0 Å². The summed E-state index contributed by atoms with van der Waals surface area (Å²) in [6.45, 7) is 18.1. The number of carbonyl (C=O) groups excluding carboxylic acids is 3. The topological polar surface area (TPSA) is 150 Å². The van der Waals surface area contributed by atoms with Crippen LogP contribution in [0.5, 0.6) is 0 Å². The lowest BCUT2D eigenvalue weighted by Crippen LogP contribution is -2.63. The molecular weight excluding hydrogens is 1210 g/mol. The number of hydrogen-bond donors (Lipinski definition) is 0. The van der Waals surface area contributed by atoms with Crippen molar-refractivity contribution in [3.8, 4) is 18.2 Å². The van der Waals surface area contributed by atoms with Gasteiger partial charge in [0.05, 0.1) is 38.0 Å². The zero-order valence-electron chi connectivity index (χ0n) is 63.2. The first kappa shape index (κ1) is 73.0. The summed E-state index contributed by atoms with van der Waals surface area (Å²) in [5.74, 6) is 10.8. The van der Waals surface area contributed by atoms with E-state index in [1.54, 1.807) is 5.57 Å². The number of rotatable bonds is 29. The van der Waals surface area contributed by atoms with Crippen molar-refractivity contribution in [1.29, 1.82) is 15.8 Å². The molecule has 0 radical (unpaired) electrons. The first-order chi connectivity index (χ1) is 47.3. The van der Waals surface area contributed by atoms with Crippen LogP contribution in [0.4, 0.5) is 0 Å². The van der Waals surface area contributed by atoms with E-state index in [1.807, 2.05) is 0 Å². The molecule has 0 spiro atoms. The van der Waals surface area contributed by atoms with E-state index in [1.165, 1.54) is 212 Å². The third-order valence-electron chi connectivity index (χ3n) is 33.0. The second-order valence-corrected chi connectivity index (χ2v) is 39.5. The van der Waals surface area contributed by atoms with Crippen LogP contribution in [0, 0.1) is 191 Å². The summed E-state index contributed by atoms with van der Waals surface area (Å²) in [5.41, 5.74) is -1.11. The van der Waals surface area contributed by atoms with Gasteiger partial charge in [-0.05, 0) is 295 Å². The Kier molecular flexibility index (Phi) is 22.9. The number of allylic oxidation sites excluding steroid dienone is 2. The normalized spacial score (nSPS) is 41.3. The highest BCUT2D eigenvalue weighted by Crippen LogP contribution is 2.71. The Balaban J connectivity index is 0.570. The van der Waals surface area contributed by atoms with E-state index < -0.39 is 16.2 Å². The molecule has 0 aliphatic heterocycles. The molecule has 9 nitrogen and oxygen atoms in total. The van der Waals surface area contributed by atoms with Crippen molar-refractivity contribution in [3.05, 3.63) is 11.6 Å². The third kappa shape index (κ3) is 14.2. The van der Waals surface area contributed by atoms with E-state index in [-0.39, 0.29) is 51.9 Å². The molecule has 16 aliphatic carbocycles. The summed E-state index contributed by atoms with van der Waals surface area (Å²) in [7, 11) is 0. The molecular formula is C89H137N3O6. The van der Waals surface area contributed by atoms with Crippen LogP contribution in [-0.4, -0.2) is 37.7 Å². The molecule has 0 aromatic rings. The Bertz CT molecular complexity index is 2880. The lowest BCUT2D eigenvalue weighted by Gasteiger charge is -2.64. The van der Waals surface area contributed by atoms with Crippen molar-refractivity contribution < 1.29 is 28.6 Å². The number of nitrogens with zero attached hydrogens (tertiary/aromatic N) is 3. The van der Waals surface area contributed by atoms with Crippen molar-refractivity contribution in [2.45, 2.75) is 331 Å². The molecule has 0 aromatic carbocycles. The number of fused-ring (bicyclic) bond motifs is 3. The quantitative estimate of drug-likeness (QED) is 0.0309. The van der Waals surface area contributed by atoms with Gasteiger partial charge in [0, 0.05) is 0 Å². The fraction of sp³-hybridized carbons (Fsp3) is 0.910. The molecule has 16 rings (SSSR count). The number of esters is 3. The minimum absolute atomic E-state index is 0.0301. The first-order valence-corrected chi connectivity index (χ1v) is 42.8. The molecule has 0 amide bonds. The fourth-order valence-corrected chi connectivity index (χ4v) is 28.1. The van der Waals surface area contributed by atoms with Gasteiger partial charge in [-0.25, -0.2) is 0 Å². The highest BCUT2D eigenvalue weighted by Gasteiger charge is 2.70. The fourth-order valence-electron chi connectivity index (χ4n) is 28.1. The van der Waals surface area contributed by atoms with Gasteiger partial charge >= 0.3 is 17.9 Å². The van der Waals surface area contributed by atoms with E-state index >= 15 is 0 Å². The van der Waals surface area contributed by atoms with Crippen LogP contribution in [-0.2, 0) is 28.6 Å². The molecule has 15 saturated carbocycles. The van der Waals surface area contributed by atoms with Crippen molar-refractivity contribution in [1.82, 2.24) is 0 Å². The Morgan fingerprint density at radius 1 is 0.398 bits per heavy atom. The van der Waals surface area contributed by atoms with Gasteiger partial charge in [0.15, 0.2) is 16.2 Å². The van der Waals surface area contributed by atoms with Gasteiger partial charge in [0.25, 0.3) is 0 Å². The monoisotopic (exact) mass is 1340 g/mol. The zero-order valence-corrected chi connectivity index (χ0v) is 63.2. The summed E-state index contributed by atoms with van der Waals surface area (Å²) in [5, 5.41) is 33.0. The first-order valence-electron chi connectivity index (χ1n) is 42.8. The van der Waals surface area contributed by atoms with Gasteiger partial charge in [-0.3, -0.25) is 14.4 Å². The second-order valence-electron chi connectivity index (χ2n) is 39.5. The van der Waals surface area contributed by atoms with E-state index in [4.69, 9.17) is 14.2 Å². The van der Waals surface area contributed by atoms with Crippen molar-refractivity contribution >= 4 is 17.9 Å². The predicted molar refractivity (Wildman–Crippen MR) is 389 cm³/mol. The van der Waals surface area contributed by atoms with Crippen molar-refractivity contribution in [2.24, 2.45) is 157 Å². The highest BCUT2D eigenvalue weighted by atomic mass is 16.5. The van der Waals surface area contributed by atoms with E-state index in [2.05, 4.69) is 72.7 Å².